The molecule has 18 heavy (non-hydrogen) atoms. The maximum absolute atomic E-state index is 8.62. The Hall–Kier alpha value is -1.16. The molecule has 1 saturated carbocycles. The van der Waals surface area contributed by atoms with Crippen molar-refractivity contribution < 1.29 is 5.21 Å². The third-order valence-electron chi connectivity index (χ3n) is 3.40. The molecule has 1 aliphatic rings. The molecule has 3 N–H and O–H groups in total. The Morgan fingerprint density at radius 1 is 1.50 bits per heavy atom. The van der Waals surface area contributed by atoms with Crippen LogP contribution in [-0.2, 0) is 5.75 Å². The van der Waals surface area contributed by atoms with Crippen molar-refractivity contribution >= 4 is 17.6 Å². The molecule has 3 nitrogen and oxygen atoms in total. The smallest absolute Gasteiger partial charge is 0.139 e. The van der Waals surface area contributed by atoms with Gasteiger partial charge in [0.1, 0.15) is 5.84 Å². The Labute approximate surface area is 112 Å². The summed E-state index contributed by atoms with van der Waals surface area (Å²) in [5.41, 5.74) is 8.57. The van der Waals surface area contributed by atoms with E-state index in [-0.39, 0.29) is 0 Å². The molecule has 1 aromatic carbocycles. The fourth-order valence-corrected chi connectivity index (χ4v) is 3.50. The lowest BCUT2D eigenvalue weighted by molar-refractivity contribution is 0.315. The quantitative estimate of drug-likeness (QED) is 0.359. The predicted octanol–water partition coefficient (Wildman–Crippen LogP) is 3.14. The third kappa shape index (κ3) is 3.67. The van der Waals surface area contributed by atoms with E-state index in [9.17, 15) is 0 Å². The molecule has 0 spiro atoms. The lowest BCUT2D eigenvalue weighted by Crippen LogP contribution is -2.19. The second kappa shape index (κ2) is 5.65. The van der Waals surface area contributed by atoms with Crippen molar-refractivity contribution in [3.05, 3.63) is 35.4 Å². The van der Waals surface area contributed by atoms with E-state index in [4.69, 9.17) is 10.9 Å². The van der Waals surface area contributed by atoms with Gasteiger partial charge >= 0.3 is 0 Å². The largest absolute Gasteiger partial charge is 0.409 e. The van der Waals surface area contributed by atoms with Gasteiger partial charge in [-0.1, -0.05) is 35.0 Å². The maximum atomic E-state index is 8.62. The van der Waals surface area contributed by atoms with Gasteiger partial charge in [-0.2, -0.15) is 11.8 Å². The van der Waals surface area contributed by atoms with Crippen LogP contribution in [0.1, 0.15) is 30.4 Å². The number of aryl methyl sites for hydroxylation is 1. The first-order valence-electron chi connectivity index (χ1n) is 6.23. The minimum atomic E-state index is 0.296. The summed E-state index contributed by atoms with van der Waals surface area (Å²) >= 11 is 1.94. The molecule has 0 aromatic heterocycles. The van der Waals surface area contributed by atoms with Crippen molar-refractivity contribution in [3.63, 3.8) is 0 Å². The van der Waals surface area contributed by atoms with E-state index in [0.717, 1.165) is 17.9 Å². The summed E-state index contributed by atoms with van der Waals surface area (Å²) in [5.74, 6) is 2.50. The zero-order chi connectivity index (χ0) is 13.0. The Bertz CT molecular complexity index is 441. The molecule has 98 valence electrons. The monoisotopic (exact) mass is 264 g/mol. The predicted molar refractivity (Wildman–Crippen MR) is 77.0 cm³/mol. The van der Waals surface area contributed by atoms with Crippen LogP contribution in [0.5, 0.6) is 0 Å². The molecular weight excluding hydrogens is 244 g/mol. The van der Waals surface area contributed by atoms with Crippen LogP contribution in [0.4, 0.5) is 0 Å². The Kier molecular flexibility index (Phi) is 4.17. The molecule has 0 unspecified atom stereocenters. The highest BCUT2D eigenvalue weighted by molar-refractivity contribution is 7.98. The van der Waals surface area contributed by atoms with Gasteiger partial charge in [-0.05, 0) is 36.5 Å². The summed E-state index contributed by atoms with van der Waals surface area (Å²) in [7, 11) is 0. The molecule has 0 saturated heterocycles. The molecule has 1 fully saturated rings. The van der Waals surface area contributed by atoms with E-state index in [0.29, 0.717) is 11.3 Å². The van der Waals surface area contributed by atoms with Gasteiger partial charge in [0, 0.05) is 12.2 Å². The summed E-state index contributed by atoms with van der Waals surface area (Å²) in [6.07, 6.45) is 3.12. The van der Waals surface area contributed by atoms with Crippen LogP contribution in [0.15, 0.2) is 29.4 Å². The summed E-state index contributed by atoms with van der Waals surface area (Å²) in [6.45, 7) is 2.12. The Morgan fingerprint density at radius 2 is 2.28 bits per heavy atom. The molecule has 0 amide bonds. The van der Waals surface area contributed by atoms with Gasteiger partial charge in [0.15, 0.2) is 0 Å². The molecule has 0 bridgehead atoms. The zero-order valence-corrected chi connectivity index (χ0v) is 11.5. The lowest BCUT2D eigenvalue weighted by Gasteiger charge is -2.13. The summed E-state index contributed by atoms with van der Waals surface area (Å²) in [6, 6.07) is 8.63. The molecule has 2 rings (SSSR count). The lowest BCUT2D eigenvalue weighted by atomic mass is 10.1. The van der Waals surface area contributed by atoms with Crippen molar-refractivity contribution in [3.8, 4) is 0 Å². The Morgan fingerprint density at radius 3 is 2.89 bits per heavy atom. The number of thioether (sulfide) groups is 1. The van der Waals surface area contributed by atoms with E-state index in [1.807, 2.05) is 11.8 Å². The van der Waals surface area contributed by atoms with E-state index in [1.54, 1.807) is 0 Å². The third-order valence-corrected chi connectivity index (χ3v) is 4.76. The van der Waals surface area contributed by atoms with Crippen LogP contribution >= 0.6 is 11.8 Å². The minimum Gasteiger partial charge on any atom is -0.409 e. The number of oxime groups is 1. The van der Waals surface area contributed by atoms with Crippen molar-refractivity contribution in [1.29, 1.82) is 0 Å². The first-order chi connectivity index (χ1) is 8.63. The first kappa shape index (κ1) is 13.3. The van der Waals surface area contributed by atoms with Gasteiger partial charge in [0.2, 0.25) is 0 Å². The van der Waals surface area contributed by atoms with Crippen LogP contribution in [0, 0.1) is 12.3 Å². The number of amidine groups is 1. The Balaban J connectivity index is 1.79. The molecule has 0 aliphatic heterocycles. The van der Waals surface area contributed by atoms with Crippen LogP contribution in [0.3, 0.4) is 0 Å². The van der Waals surface area contributed by atoms with Gasteiger partial charge in [0.05, 0.1) is 0 Å². The summed E-state index contributed by atoms with van der Waals surface area (Å²) < 4.78 is 0. The minimum absolute atomic E-state index is 0.296. The van der Waals surface area contributed by atoms with Crippen molar-refractivity contribution in [2.45, 2.75) is 31.9 Å². The normalized spacial score (nSPS) is 17.7. The number of benzene rings is 1. The van der Waals surface area contributed by atoms with E-state index < -0.39 is 0 Å². The highest BCUT2D eigenvalue weighted by atomic mass is 32.2. The van der Waals surface area contributed by atoms with Crippen LogP contribution in [0.2, 0.25) is 0 Å². The van der Waals surface area contributed by atoms with Gasteiger partial charge in [0.25, 0.3) is 0 Å². The van der Waals surface area contributed by atoms with Gasteiger partial charge < -0.3 is 10.9 Å². The fourth-order valence-electron chi connectivity index (χ4n) is 2.16. The fraction of sp³-hybridized carbons (Fsp3) is 0.500. The number of hydrogen-bond acceptors (Lipinski definition) is 3. The second-order valence-corrected chi connectivity index (χ2v) is 6.24. The van der Waals surface area contributed by atoms with Gasteiger partial charge in [-0.3, -0.25) is 0 Å². The molecule has 0 atom stereocenters. The van der Waals surface area contributed by atoms with Crippen LogP contribution in [0.25, 0.3) is 0 Å². The van der Waals surface area contributed by atoms with Crippen molar-refractivity contribution in [2.24, 2.45) is 16.3 Å². The number of rotatable bonds is 6. The molecule has 0 heterocycles. The van der Waals surface area contributed by atoms with Crippen molar-refractivity contribution in [2.75, 3.05) is 5.75 Å². The highest BCUT2D eigenvalue weighted by Crippen LogP contribution is 2.51. The average molecular weight is 264 g/mol. The van der Waals surface area contributed by atoms with Crippen molar-refractivity contribution in [1.82, 2.24) is 0 Å². The van der Waals surface area contributed by atoms with Gasteiger partial charge in [-0.25, -0.2) is 0 Å². The number of hydrogen-bond donors (Lipinski definition) is 2. The van der Waals surface area contributed by atoms with Gasteiger partial charge in [-0.15, -0.1) is 0 Å². The van der Waals surface area contributed by atoms with Crippen LogP contribution in [-0.4, -0.2) is 16.8 Å². The molecule has 1 aromatic rings. The summed E-state index contributed by atoms with van der Waals surface area (Å²) in [4.78, 5) is 0. The molecule has 4 heteroatoms. The van der Waals surface area contributed by atoms with E-state index in [2.05, 4.69) is 36.3 Å². The SMILES string of the molecule is Cc1cccc(CSCC2(CC(N)=NO)CC2)c1. The van der Waals surface area contributed by atoms with E-state index in [1.165, 1.54) is 24.0 Å². The zero-order valence-electron chi connectivity index (χ0n) is 10.7. The first-order valence-corrected chi connectivity index (χ1v) is 7.39. The van der Waals surface area contributed by atoms with Crippen LogP contribution < -0.4 is 5.73 Å². The number of nitrogens with zero attached hydrogens (tertiary/aromatic N) is 1. The average Bonchev–Trinajstić information content (AvgIpc) is 3.09. The second-order valence-electron chi connectivity index (χ2n) is 5.25. The highest BCUT2D eigenvalue weighted by Gasteiger charge is 2.42. The molecule has 0 radical (unpaired) electrons. The number of nitrogens with two attached hydrogens (primary N) is 1. The summed E-state index contributed by atoms with van der Waals surface area (Å²) in [5, 5.41) is 11.7. The standard InChI is InChI=1S/C14H20N2OS/c1-11-3-2-4-12(7-11)9-18-10-14(5-6-14)8-13(15)16-17/h2-4,7,17H,5-6,8-10H2,1H3,(H2,15,16). The maximum Gasteiger partial charge on any atom is 0.139 e. The molecular formula is C14H20N2OS. The van der Waals surface area contributed by atoms with E-state index >= 15 is 0 Å². The molecule has 1 aliphatic carbocycles. The topological polar surface area (TPSA) is 58.6 Å².